The van der Waals surface area contributed by atoms with Crippen LogP contribution in [0.1, 0.15) is 55.9 Å². The van der Waals surface area contributed by atoms with Gasteiger partial charge in [0, 0.05) is 19.3 Å². The third-order valence-electron chi connectivity index (χ3n) is 4.99. The topological polar surface area (TPSA) is 89.4 Å². The highest BCUT2D eigenvalue weighted by Gasteiger charge is 2.36. The van der Waals surface area contributed by atoms with Gasteiger partial charge < -0.3 is 19.9 Å². The molecule has 0 bridgehead atoms. The Morgan fingerprint density at radius 2 is 2.12 bits per heavy atom. The zero-order valence-electron chi connectivity index (χ0n) is 15.8. The van der Waals surface area contributed by atoms with Gasteiger partial charge in [0.05, 0.1) is 13.0 Å². The molecule has 26 heavy (non-hydrogen) atoms. The summed E-state index contributed by atoms with van der Waals surface area (Å²) in [6.45, 7) is 2.04. The fourth-order valence-corrected chi connectivity index (χ4v) is 3.46. The summed E-state index contributed by atoms with van der Waals surface area (Å²) in [5.41, 5.74) is 0.507. The number of carbonyl (C=O) groups is 3. The number of nitrogens with zero attached hydrogens (tertiary/aromatic N) is 1. The molecule has 0 aromatic carbocycles. The normalized spacial score (nSPS) is 20.4. The van der Waals surface area contributed by atoms with E-state index in [1.54, 1.807) is 29.9 Å². The SMILES string of the molecule is CCCC[C@H](NC(=O)c1cccn1C)C(=O)N[C@H]1CCC[C@H]1C(=O)OC. The molecule has 0 radical (unpaired) electrons. The van der Waals surface area contributed by atoms with Crippen LogP contribution in [0.4, 0.5) is 0 Å². The van der Waals surface area contributed by atoms with E-state index in [-0.39, 0.29) is 29.7 Å². The molecule has 1 aromatic rings. The highest BCUT2D eigenvalue weighted by Crippen LogP contribution is 2.26. The first-order chi connectivity index (χ1) is 12.5. The molecule has 1 aliphatic rings. The molecule has 1 heterocycles. The van der Waals surface area contributed by atoms with Crippen LogP contribution in [0.3, 0.4) is 0 Å². The van der Waals surface area contributed by atoms with Gasteiger partial charge in [0.1, 0.15) is 11.7 Å². The third-order valence-corrected chi connectivity index (χ3v) is 4.99. The fourth-order valence-electron chi connectivity index (χ4n) is 3.46. The summed E-state index contributed by atoms with van der Waals surface area (Å²) >= 11 is 0. The van der Waals surface area contributed by atoms with Crippen LogP contribution >= 0.6 is 0 Å². The molecule has 2 N–H and O–H groups in total. The molecule has 0 unspecified atom stereocenters. The minimum Gasteiger partial charge on any atom is -0.469 e. The molecule has 0 aliphatic heterocycles. The van der Waals surface area contributed by atoms with Crippen LogP contribution in [0, 0.1) is 5.92 Å². The van der Waals surface area contributed by atoms with Gasteiger partial charge in [-0.25, -0.2) is 0 Å². The summed E-state index contributed by atoms with van der Waals surface area (Å²) in [4.78, 5) is 37.1. The Labute approximate surface area is 154 Å². The molecule has 1 aliphatic carbocycles. The van der Waals surface area contributed by atoms with Gasteiger partial charge in [0.25, 0.3) is 5.91 Å². The van der Waals surface area contributed by atoms with Crippen molar-refractivity contribution in [1.82, 2.24) is 15.2 Å². The molecule has 2 amide bonds. The van der Waals surface area contributed by atoms with Crippen molar-refractivity contribution < 1.29 is 19.1 Å². The number of carbonyl (C=O) groups excluding carboxylic acids is 3. The Balaban J connectivity index is 2.03. The Hall–Kier alpha value is -2.31. The van der Waals surface area contributed by atoms with Crippen molar-refractivity contribution in [1.29, 1.82) is 0 Å². The number of rotatable bonds is 8. The lowest BCUT2D eigenvalue weighted by Crippen LogP contribution is -2.51. The maximum absolute atomic E-state index is 12.8. The molecule has 7 heteroatoms. The summed E-state index contributed by atoms with van der Waals surface area (Å²) in [5.74, 6) is -1.10. The molecule has 1 saturated carbocycles. The van der Waals surface area contributed by atoms with E-state index >= 15 is 0 Å². The highest BCUT2D eigenvalue weighted by molar-refractivity contribution is 5.96. The van der Waals surface area contributed by atoms with E-state index in [1.165, 1.54) is 7.11 Å². The lowest BCUT2D eigenvalue weighted by Gasteiger charge is -2.24. The van der Waals surface area contributed by atoms with Crippen LogP contribution in [0.2, 0.25) is 0 Å². The average Bonchev–Trinajstić information content (AvgIpc) is 3.26. The lowest BCUT2D eigenvalue weighted by molar-refractivity contribution is -0.146. The summed E-state index contributed by atoms with van der Waals surface area (Å²) in [7, 11) is 3.15. The van der Waals surface area contributed by atoms with Crippen molar-refractivity contribution >= 4 is 17.8 Å². The summed E-state index contributed by atoms with van der Waals surface area (Å²) in [6.07, 6.45) is 6.45. The predicted molar refractivity (Wildman–Crippen MR) is 97.5 cm³/mol. The molecule has 3 atom stereocenters. The van der Waals surface area contributed by atoms with Gasteiger partial charge in [-0.15, -0.1) is 0 Å². The van der Waals surface area contributed by atoms with Crippen molar-refractivity contribution in [3.63, 3.8) is 0 Å². The fraction of sp³-hybridized carbons (Fsp3) is 0.632. The van der Waals surface area contributed by atoms with Crippen molar-refractivity contribution in [2.24, 2.45) is 13.0 Å². The quantitative estimate of drug-likeness (QED) is 0.689. The Kier molecular flexibility index (Phi) is 7.24. The number of ether oxygens (including phenoxy) is 1. The number of methoxy groups -OCH3 is 1. The summed E-state index contributed by atoms with van der Waals surface area (Å²) < 4.78 is 6.55. The minimum absolute atomic E-state index is 0.231. The van der Waals surface area contributed by atoms with E-state index in [0.29, 0.717) is 18.5 Å². The van der Waals surface area contributed by atoms with E-state index in [4.69, 9.17) is 4.74 Å². The number of esters is 1. The van der Waals surface area contributed by atoms with Crippen LogP contribution in [-0.2, 0) is 21.4 Å². The van der Waals surface area contributed by atoms with E-state index < -0.39 is 6.04 Å². The second-order valence-electron chi connectivity index (χ2n) is 6.85. The van der Waals surface area contributed by atoms with Crippen molar-refractivity contribution in [2.45, 2.75) is 57.5 Å². The van der Waals surface area contributed by atoms with E-state index in [0.717, 1.165) is 25.7 Å². The first-order valence-electron chi connectivity index (χ1n) is 9.28. The molecular formula is C19H29N3O4. The number of amides is 2. The molecule has 0 spiro atoms. The van der Waals surface area contributed by atoms with Gasteiger partial charge in [-0.3, -0.25) is 14.4 Å². The zero-order valence-corrected chi connectivity index (χ0v) is 15.8. The maximum atomic E-state index is 12.8. The first kappa shape index (κ1) is 20.0. The molecule has 1 aromatic heterocycles. The molecule has 1 fully saturated rings. The van der Waals surface area contributed by atoms with Gasteiger partial charge in [0.15, 0.2) is 0 Å². The van der Waals surface area contributed by atoms with Crippen molar-refractivity contribution in [2.75, 3.05) is 7.11 Å². The van der Waals surface area contributed by atoms with Crippen LogP contribution in [-0.4, -0.2) is 41.5 Å². The van der Waals surface area contributed by atoms with Crippen molar-refractivity contribution in [3.05, 3.63) is 24.0 Å². The van der Waals surface area contributed by atoms with Gasteiger partial charge in [-0.05, 0) is 31.4 Å². The van der Waals surface area contributed by atoms with E-state index in [1.807, 2.05) is 6.92 Å². The van der Waals surface area contributed by atoms with Gasteiger partial charge >= 0.3 is 5.97 Å². The Morgan fingerprint density at radius 1 is 1.35 bits per heavy atom. The van der Waals surface area contributed by atoms with Crippen LogP contribution in [0.15, 0.2) is 18.3 Å². The number of unbranched alkanes of at least 4 members (excludes halogenated alkanes) is 1. The Bertz CT molecular complexity index is 640. The number of aromatic nitrogens is 1. The maximum Gasteiger partial charge on any atom is 0.310 e. The van der Waals surface area contributed by atoms with Crippen LogP contribution < -0.4 is 10.6 Å². The minimum atomic E-state index is -0.615. The summed E-state index contributed by atoms with van der Waals surface area (Å²) in [5, 5.41) is 5.80. The Morgan fingerprint density at radius 3 is 2.73 bits per heavy atom. The first-order valence-corrected chi connectivity index (χ1v) is 9.28. The smallest absolute Gasteiger partial charge is 0.310 e. The highest BCUT2D eigenvalue weighted by atomic mass is 16.5. The van der Waals surface area contributed by atoms with Crippen LogP contribution in [0.25, 0.3) is 0 Å². The van der Waals surface area contributed by atoms with Crippen molar-refractivity contribution in [3.8, 4) is 0 Å². The molecule has 0 saturated heterocycles. The molecular weight excluding hydrogens is 334 g/mol. The predicted octanol–water partition coefficient (Wildman–Crippen LogP) is 1.77. The number of nitrogens with one attached hydrogen (secondary N) is 2. The molecule has 144 valence electrons. The second-order valence-corrected chi connectivity index (χ2v) is 6.85. The third kappa shape index (κ3) is 4.86. The standard InChI is InChI=1S/C19H29N3O4/c1-4-5-9-15(21-18(24)16-11-7-12-22(16)2)17(23)20-14-10-6-8-13(14)19(25)26-3/h7,11-15H,4-6,8-10H2,1-3H3,(H,20,23)(H,21,24)/t13-,14+,15+/m1/s1. The number of hydrogen-bond acceptors (Lipinski definition) is 4. The number of aryl methyl sites for hydroxylation is 1. The largest absolute Gasteiger partial charge is 0.469 e. The summed E-state index contributed by atoms with van der Waals surface area (Å²) in [6, 6.07) is 2.66. The van der Waals surface area contributed by atoms with Gasteiger partial charge in [-0.1, -0.05) is 26.2 Å². The van der Waals surface area contributed by atoms with Gasteiger partial charge in [0.2, 0.25) is 5.91 Å². The lowest BCUT2D eigenvalue weighted by atomic mass is 10.0. The molecule has 7 nitrogen and oxygen atoms in total. The second kappa shape index (κ2) is 9.40. The number of hydrogen-bond donors (Lipinski definition) is 2. The van der Waals surface area contributed by atoms with Crippen LogP contribution in [0.5, 0.6) is 0 Å². The van der Waals surface area contributed by atoms with E-state index in [9.17, 15) is 14.4 Å². The molecule has 2 rings (SSSR count). The van der Waals surface area contributed by atoms with Gasteiger partial charge in [-0.2, -0.15) is 0 Å². The monoisotopic (exact) mass is 363 g/mol. The zero-order chi connectivity index (χ0) is 19.1. The average molecular weight is 363 g/mol. The van der Waals surface area contributed by atoms with E-state index in [2.05, 4.69) is 10.6 Å².